The van der Waals surface area contributed by atoms with Gasteiger partial charge in [0.2, 0.25) is 0 Å². The molecule has 0 spiro atoms. The number of hydrogen-bond donors (Lipinski definition) is 0. The molecule has 2 heterocycles. The number of hydrogen-bond acceptors (Lipinski definition) is 5. The molecule has 1 aliphatic heterocycles. The zero-order valence-electron chi connectivity index (χ0n) is 15.5. The molecule has 6 heteroatoms. The summed E-state index contributed by atoms with van der Waals surface area (Å²) in [5.74, 6) is 0.574. The van der Waals surface area contributed by atoms with Gasteiger partial charge in [0, 0.05) is 36.3 Å². The Bertz CT molecular complexity index is 853. The van der Waals surface area contributed by atoms with Gasteiger partial charge in [-0.25, -0.2) is 0 Å². The SMILES string of the molecule is COc1ccc(C(=O)C2CCN(C(=O)c3cc(C)c(C=O)cn3)CC2)cc1. The molecule has 0 saturated carbocycles. The van der Waals surface area contributed by atoms with Crippen molar-refractivity contribution in [1.29, 1.82) is 0 Å². The van der Waals surface area contributed by atoms with E-state index in [-0.39, 0.29) is 17.6 Å². The zero-order chi connectivity index (χ0) is 19.4. The van der Waals surface area contributed by atoms with Crippen LogP contribution in [-0.4, -0.2) is 48.1 Å². The van der Waals surface area contributed by atoms with Crippen LogP contribution >= 0.6 is 0 Å². The lowest BCUT2D eigenvalue weighted by Gasteiger charge is -2.31. The van der Waals surface area contributed by atoms with E-state index < -0.39 is 0 Å². The Hall–Kier alpha value is -3.02. The largest absolute Gasteiger partial charge is 0.497 e. The molecule has 0 radical (unpaired) electrons. The van der Waals surface area contributed by atoms with Crippen LogP contribution in [0.5, 0.6) is 5.75 Å². The number of carbonyl (C=O) groups is 3. The van der Waals surface area contributed by atoms with E-state index in [4.69, 9.17) is 4.74 Å². The molecule has 0 bridgehead atoms. The summed E-state index contributed by atoms with van der Waals surface area (Å²) in [6, 6.07) is 8.76. The number of carbonyl (C=O) groups excluding carboxylic acids is 3. The van der Waals surface area contributed by atoms with Gasteiger partial charge in [-0.2, -0.15) is 0 Å². The Morgan fingerprint density at radius 3 is 2.41 bits per heavy atom. The fourth-order valence-corrected chi connectivity index (χ4v) is 3.30. The van der Waals surface area contributed by atoms with Crippen molar-refractivity contribution in [2.75, 3.05) is 20.2 Å². The van der Waals surface area contributed by atoms with E-state index in [2.05, 4.69) is 4.98 Å². The smallest absolute Gasteiger partial charge is 0.272 e. The quantitative estimate of drug-likeness (QED) is 0.601. The summed E-state index contributed by atoms with van der Waals surface area (Å²) in [6.07, 6.45) is 3.41. The highest BCUT2D eigenvalue weighted by molar-refractivity contribution is 5.98. The predicted octanol–water partition coefficient (Wildman–Crippen LogP) is 2.95. The van der Waals surface area contributed by atoms with Crippen LogP contribution in [0.4, 0.5) is 0 Å². The summed E-state index contributed by atoms with van der Waals surface area (Å²) >= 11 is 0. The third-order valence-electron chi connectivity index (χ3n) is 5.02. The summed E-state index contributed by atoms with van der Waals surface area (Å²) in [7, 11) is 1.59. The number of Topliss-reactive ketones (excluding diaryl/α,β-unsaturated/α-hetero) is 1. The van der Waals surface area contributed by atoms with Crippen molar-refractivity contribution < 1.29 is 19.1 Å². The first-order chi connectivity index (χ1) is 13.0. The maximum absolute atomic E-state index is 12.7. The average molecular weight is 366 g/mol. The number of nitrogens with zero attached hydrogens (tertiary/aromatic N) is 2. The Morgan fingerprint density at radius 1 is 1.19 bits per heavy atom. The first-order valence-corrected chi connectivity index (χ1v) is 8.93. The fourth-order valence-electron chi connectivity index (χ4n) is 3.30. The minimum Gasteiger partial charge on any atom is -0.497 e. The lowest BCUT2D eigenvalue weighted by Crippen LogP contribution is -2.40. The molecule has 3 rings (SSSR count). The number of ether oxygens (including phenoxy) is 1. The van der Waals surface area contributed by atoms with E-state index in [0.29, 0.717) is 42.8 Å². The molecule has 1 aliphatic rings. The van der Waals surface area contributed by atoms with E-state index in [1.54, 1.807) is 49.3 Å². The minimum atomic E-state index is -0.161. The molecule has 0 atom stereocenters. The number of aryl methyl sites for hydroxylation is 1. The fraction of sp³-hybridized carbons (Fsp3) is 0.333. The second kappa shape index (κ2) is 8.12. The lowest BCUT2D eigenvalue weighted by molar-refractivity contribution is 0.0645. The number of ketones is 1. The van der Waals surface area contributed by atoms with Gasteiger partial charge in [0.05, 0.1) is 7.11 Å². The average Bonchev–Trinajstić information content (AvgIpc) is 2.73. The molecule has 0 unspecified atom stereocenters. The summed E-state index contributed by atoms with van der Waals surface area (Å²) in [5, 5.41) is 0. The normalized spacial score (nSPS) is 14.7. The zero-order valence-corrected chi connectivity index (χ0v) is 15.5. The van der Waals surface area contributed by atoms with Crippen LogP contribution < -0.4 is 4.74 Å². The summed E-state index contributed by atoms with van der Waals surface area (Å²) in [6.45, 7) is 2.81. The molecule has 6 nitrogen and oxygen atoms in total. The van der Waals surface area contributed by atoms with Crippen molar-refractivity contribution in [2.24, 2.45) is 5.92 Å². The van der Waals surface area contributed by atoms with Gasteiger partial charge in [0.15, 0.2) is 12.1 Å². The van der Waals surface area contributed by atoms with Crippen LogP contribution in [0.15, 0.2) is 36.5 Å². The standard InChI is InChI=1S/C21H22N2O4/c1-14-11-19(22-12-17(14)13-24)21(26)23-9-7-16(8-10-23)20(25)15-3-5-18(27-2)6-4-15/h3-6,11-13,16H,7-10H2,1-2H3. The van der Waals surface area contributed by atoms with E-state index in [1.807, 2.05) is 0 Å². The molecule has 0 N–H and O–H groups in total. The summed E-state index contributed by atoms with van der Waals surface area (Å²) in [5.41, 5.74) is 2.21. The van der Waals surface area contributed by atoms with Gasteiger partial charge in [0.25, 0.3) is 5.91 Å². The highest BCUT2D eigenvalue weighted by Gasteiger charge is 2.29. The molecule has 1 fully saturated rings. The first kappa shape index (κ1) is 18.8. The summed E-state index contributed by atoms with van der Waals surface area (Å²) < 4.78 is 5.12. The minimum absolute atomic E-state index is 0.0884. The molecule has 1 aromatic carbocycles. The molecule has 2 aromatic rings. The third-order valence-corrected chi connectivity index (χ3v) is 5.02. The molecule has 1 aromatic heterocycles. The van der Waals surface area contributed by atoms with E-state index in [9.17, 15) is 14.4 Å². The Kier molecular flexibility index (Phi) is 5.64. The van der Waals surface area contributed by atoms with Crippen molar-refractivity contribution in [2.45, 2.75) is 19.8 Å². The monoisotopic (exact) mass is 366 g/mol. The number of aldehydes is 1. The topological polar surface area (TPSA) is 76.6 Å². The molecule has 0 aliphatic carbocycles. The van der Waals surface area contributed by atoms with Gasteiger partial charge >= 0.3 is 0 Å². The molecule has 27 heavy (non-hydrogen) atoms. The molecule has 1 saturated heterocycles. The maximum Gasteiger partial charge on any atom is 0.272 e. The van der Waals surface area contributed by atoms with Crippen LogP contribution in [0.3, 0.4) is 0 Å². The lowest BCUT2D eigenvalue weighted by atomic mass is 9.88. The van der Waals surface area contributed by atoms with Gasteiger partial charge < -0.3 is 9.64 Å². The van der Waals surface area contributed by atoms with Crippen LogP contribution in [0.1, 0.15) is 49.6 Å². The third kappa shape index (κ3) is 4.05. The Morgan fingerprint density at radius 2 is 1.85 bits per heavy atom. The van der Waals surface area contributed by atoms with Gasteiger partial charge in [-0.1, -0.05) is 0 Å². The highest BCUT2D eigenvalue weighted by atomic mass is 16.5. The van der Waals surface area contributed by atoms with Gasteiger partial charge in [-0.3, -0.25) is 19.4 Å². The Labute approximate surface area is 158 Å². The van der Waals surface area contributed by atoms with Crippen molar-refractivity contribution in [3.63, 3.8) is 0 Å². The van der Waals surface area contributed by atoms with Gasteiger partial charge in [0.1, 0.15) is 11.4 Å². The van der Waals surface area contributed by atoms with Crippen molar-refractivity contribution >= 4 is 18.0 Å². The molecular weight excluding hydrogens is 344 g/mol. The number of amides is 1. The molecular formula is C21H22N2O4. The second-order valence-electron chi connectivity index (χ2n) is 6.70. The summed E-state index contributed by atoms with van der Waals surface area (Å²) in [4.78, 5) is 42.0. The van der Waals surface area contributed by atoms with Crippen LogP contribution in [0.25, 0.3) is 0 Å². The molecule has 140 valence electrons. The van der Waals surface area contributed by atoms with Crippen molar-refractivity contribution in [1.82, 2.24) is 9.88 Å². The second-order valence-corrected chi connectivity index (χ2v) is 6.70. The van der Waals surface area contributed by atoms with E-state index >= 15 is 0 Å². The first-order valence-electron chi connectivity index (χ1n) is 8.93. The number of pyridine rings is 1. The van der Waals surface area contributed by atoms with Crippen LogP contribution in [-0.2, 0) is 0 Å². The Balaban J connectivity index is 1.62. The number of aromatic nitrogens is 1. The van der Waals surface area contributed by atoms with Gasteiger partial charge in [-0.05, 0) is 55.7 Å². The number of methoxy groups -OCH3 is 1. The van der Waals surface area contributed by atoms with Crippen molar-refractivity contribution in [3.05, 3.63) is 58.9 Å². The van der Waals surface area contributed by atoms with E-state index in [1.165, 1.54) is 6.20 Å². The van der Waals surface area contributed by atoms with Crippen molar-refractivity contribution in [3.8, 4) is 5.75 Å². The molecule has 1 amide bonds. The van der Waals surface area contributed by atoms with E-state index in [0.717, 1.165) is 17.6 Å². The number of benzene rings is 1. The van der Waals surface area contributed by atoms with Gasteiger partial charge in [-0.15, -0.1) is 0 Å². The predicted molar refractivity (Wildman–Crippen MR) is 100 cm³/mol. The van der Waals surface area contributed by atoms with Crippen LogP contribution in [0.2, 0.25) is 0 Å². The number of rotatable bonds is 5. The number of likely N-dealkylation sites (tertiary alicyclic amines) is 1. The maximum atomic E-state index is 12.7. The number of piperidine rings is 1. The highest BCUT2D eigenvalue weighted by Crippen LogP contribution is 2.24. The van der Waals surface area contributed by atoms with Crippen LogP contribution in [0, 0.1) is 12.8 Å².